The molecule has 1 heteroatoms. The summed E-state index contributed by atoms with van der Waals surface area (Å²) in [7, 11) is 0. The van der Waals surface area contributed by atoms with Crippen molar-refractivity contribution < 1.29 is 5.11 Å². The number of phenols is 1. The molecule has 1 rings (SSSR count). The Labute approximate surface area is 119 Å². The lowest BCUT2D eigenvalue weighted by atomic mass is 9.73. The van der Waals surface area contributed by atoms with E-state index in [0.717, 1.165) is 17.5 Å². The highest BCUT2D eigenvalue weighted by Crippen LogP contribution is 2.43. The van der Waals surface area contributed by atoms with Gasteiger partial charge < -0.3 is 5.11 Å². The van der Waals surface area contributed by atoms with E-state index in [2.05, 4.69) is 67.5 Å². The molecule has 0 radical (unpaired) electrons. The summed E-state index contributed by atoms with van der Waals surface area (Å²) >= 11 is 0. The van der Waals surface area contributed by atoms with Crippen LogP contribution in [0.1, 0.15) is 84.4 Å². The van der Waals surface area contributed by atoms with Crippen LogP contribution in [0.15, 0.2) is 12.1 Å². The van der Waals surface area contributed by atoms with Gasteiger partial charge in [-0.05, 0) is 34.3 Å². The molecule has 1 unspecified atom stereocenters. The minimum absolute atomic E-state index is 0.0455. The highest BCUT2D eigenvalue weighted by molar-refractivity contribution is 5.52. The van der Waals surface area contributed by atoms with Crippen molar-refractivity contribution in [1.82, 2.24) is 0 Å². The minimum Gasteiger partial charge on any atom is -0.507 e. The topological polar surface area (TPSA) is 20.2 Å². The first-order valence-electron chi connectivity index (χ1n) is 7.37. The third-order valence-electron chi connectivity index (χ3n) is 3.91. The Morgan fingerprint density at radius 3 is 1.89 bits per heavy atom. The van der Waals surface area contributed by atoms with Crippen LogP contribution in [0.4, 0.5) is 0 Å². The number of rotatable bonds is 2. The molecule has 1 aromatic rings. The second-order valence-corrected chi connectivity index (χ2v) is 7.74. The molecule has 0 heterocycles. The molecule has 0 saturated heterocycles. The van der Waals surface area contributed by atoms with E-state index in [-0.39, 0.29) is 10.8 Å². The lowest BCUT2D eigenvalue weighted by molar-refractivity contribution is 0.425. The third kappa shape index (κ3) is 3.32. The van der Waals surface area contributed by atoms with Crippen LogP contribution >= 0.6 is 0 Å². The first kappa shape index (κ1) is 16.1. The number of phenolic OH excluding ortho intramolecular Hbond substituents is 1. The van der Waals surface area contributed by atoms with Crippen LogP contribution in [-0.4, -0.2) is 5.11 Å². The third-order valence-corrected chi connectivity index (χ3v) is 3.91. The van der Waals surface area contributed by atoms with Crippen LogP contribution in [0.2, 0.25) is 0 Å². The quantitative estimate of drug-likeness (QED) is 0.746. The van der Waals surface area contributed by atoms with Crippen LogP contribution in [0.3, 0.4) is 0 Å². The smallest absolute Gasteiger partial charge is 0.123 e. The van der Waals surface area contributed by atoms with E-state index in [1.54, 1.807) is 0 Å². The van der Waals surface area contributed by atoms with Gasteiger partial charge >= 0.3 is 0 Å². The zero-order chi connectivity index (χ0) is 15.0. The Hall–Kier alpha value is -0.980. The highest BCUT2D eigenvalue weighted by atomic mass is 16.3. The summed E-state index contributed by atoms with van der Waals surface area (Å²) in [4.78, 5) is 0. The van der Waals surface area contributed by atoms with Gasteiger partial charge in [0.1, 0.15) is 5.75 Å². The molecule has 1 atom stereocenters. The molecule has 1 N–H and O–H groups in total. The first-order valence-corrected chi connectivity index (χ1v) is 7.37. The van der Waals surface area contributed by atoms with Crippen molar-refractivity contribution >= 4 is 0 Å². The standard InChI is InChI=1S/C18H30O/c1-9-12(2)13-10-11-14(17(3,4)5)15(16(13)19)18(6,7)8/h10-12,19H,9H2,1-8H3. The van der Waals surface area contributed by atoms with E-state index in [1.165, 1.54) is 5.56 Å². The molecular formula is C18H30O. The summed E-state index contributed by atoms with van der Waals surface area (Å²) in [6.45, 7) is 17.5. The van der Waals surface area contributed by atoms with E-state index in [4.69, 9.17) is 0 Å². The van der Waals surface area contributed by atoms with Gasteiger partial charge in [-0.2, -0.15) is 0 Å². The van der Waals surface area contributed by atoms with Gasteiger partial charge in [0, 0.05) is 5.56 Å². The second kappa shape index (κ2) is 5.19. The molecule has 0 amide bonds. The van der Waals surface area contributed by atoms with Crippen LogP contribution in [0.5, 0.6) is 5.75 Å². The fourth-order valence-electron chi connectivity index (χ4n) is 2.61. The molecule has 108 valence electrons. The van der Waals surface area contributed by atoms with Crippen molar-refractivity contribution in [2.75, 3.05) is 0 Å². The average Bonchev–Trinajstić information content (AvgIpc) is 2.24. The molecule has 1 nitrogen and oxygen atoms in total. The van der Waals surface area contributed by atoms with Crippen molar-refractivity contribution in [2.24, 2.45) is 0 Å². The van der Waals surface area contributed by atoms with Gasteiger partial charge in [-0.15, -0.1) is 0 Å². The first-order chi connectivity index (χ1) is 8.50. The summed E-state index contributed by atoms with van der Waals surface area (Å²) in [5.41, 5.74) is 3.45. The Bertz CT molecular complexity index is 444. The second-order valence-electron chi connectivity index (χ2n) is 7.74. The van der Waals surface area contributed by atoms with Gasteiger partial charge in [0.15, 0.2) is 0 Å². The van der Waals surface area contributed by atoms with Crippen molar-refractivity contribution in [1.29, 1.82) is 0 Å². The van der Waals surface area contributed by atoms with Crippen LogP contribution in [0, 0.1) is 0 Å². The normalized spacial score (nSPS) is 14.5. The van der Waals surface area contributed by atoms with E-state index in [9.17, 15) is 5.11 Å². The summed E-state index contributed by atoms with van der Waals surface area (Å²) in [5.74, 6) is 0.907. The van der Waals surface area contributed by atoms with Crippen molar-refractivity contribution in [3.8, 4) is 5.75 Å². The lowest BCUT2D eigenvalue weighted by Gasteiger charge is -2.32. The zero-order valence-electron chi connectivity index (χ0n) is 13.9. The lowest BCUT2D eigenvalue weighted by Crippen LogP contribution is -2.22. The van der Waals surface area contributed by atoms with Crippen LogP contribution < -0.4 is 0 Å². The summed E-state index contributed by atoms with van der Waals surface area (Å²) in [5, 5.41) is 10.8. The molecule has 0 aromatic heterocycles. The fraction of sp³-hybridized carbons (Fsp3) is 0.667. The maximum Gasteiger partial charge on any atom is 0.123 e. The van der Waals surface area contributed by atoms with E-state index < -0.39 is 0 Å². The Kier molecular flexibility index (Phi) is 4.39. The zero-order valence-corrected chi connectivity index (χ0v) is 13.9. The number of hydrogen-bond donors (Lipinski definition) is 1. The predicted molar refractivity (Wildman–Crippen MR) is 84.2 cm³/mol. The molecular weight excluding hydrogens is 232 g/mol. The van der Waals surface area contributed by atoms with E-state index in [0.29, 0.717) is 11.7 Å². The van der Waals surface area contributed by atoms with Crippen molar-refractivity contribution in [3.05, 3.63) is 28.8 Å². The molecule has 0 spiro atoms. The van der Waals surface area contributed by atoms with Gasteiger partial charge in [-0.3, -0.25) is 0 Å². The van der Waals surface area contributed by atoms with E-state index in [1.807, 2.05) is 0 Å². The maximum atomic E-state index is 10.8. The Morgan fingerprint density at radius 1 is 1.00 bits per heavy atom. The summed E-state index contributed by atoms with van der Waals surface area (Å²) in [6.07, 6.45) is 1.05. The Morgan fingerprint density at radius 2 is 1.53 bits per heavy atom. The van der Waals surface area contributed by atoms with Crippen molar-refractivity contribution in [2.45, 2.75) is 78.6 Å². The molecule has 0 bridgehead atoms. The Balaban J connectivity index is 3.60. The van der Waals surface area contributed by atoms with Crippen molar-refractivity contribution in [3.63, 3.8) is 0 Å². The minimum atomic E-state index is -0.0455. The monoisotopic (exact) mass is 262 g/mol. The fourth-order valence-corrected chi connectivity index (χ4v) is 2.61. The molecule has 19 heavy (non-hydrogen) atoms. The van der Waals surface area contributed by atoms with Crippen LogP contribution in [0.25, 0.3) is 0 Å². The molecule has 0 aliphatic rings. The molecule has 0 aliphatic heterocycles. The van der Waals surface area contributed by atoms with Gasteiger partial charge in [-0.1, -0.05) is 67.5 Å². The highest BCUT2D eigenvalue weighted by Gasteiger charge is 2.29. The van der Waals surface area contributed by atoms with Gasteiger partial charge in [0.2, 0.25) is 0 Å². The van der Waals surface area contributed by atoms with Gasteiger partial charge in [0.05, 0.1) is 0 Å². The van der Waals surface area contributed by atoms with E-state index >= 15 is 0 Å². The summed E-state index contributed by atoms with van der Waals surface area (Å²) < 4.78 is 0. The molecule has 0 saturated carbocycles. The molecule has 0 aliphatic carbocycles. The summed E-state index contributed by atoms with van der Waals surface area (Å²) in [6, 6.07) is 4.32. The van der Waals surface area contributed by atoms with Crippen LogP contribution in [-0.2, 0) is 10.8 Å². The average molecular weight is 262 g/mol. The largest absolute Gasteiger partial charge is 0.507 e. The number of hydrogen-bond acceptors (Lipinski definition) is 1. The van der Waals surface area contributed by atoms with Gasteiger partial charge in [0.25, 0.3) is 0 Å². The number of aromatic hydroxyl groups is 1. The maximum absolute atomic E-state index is 10.8. The number of benzene rings is 1. The molecule has 1 aromatic carbocycles. The van der Waals surface area contributed by atoms with Gasteiger partial charge in [-0.25, -0.2) is 0 Å². The molecule has 0 fully saturated rings. The predicted octanol–water partition coefficient (Wildman–Crippen LogP) is 5.50. The SMILES string of the molecule is CCC(C)c1ccc(C(C)(C)C)c(C(C)(C)C)c1O.